The molecule has 0 aliphatic heterocycles. The highest BCUT2D eigenvalue weighted by atomic mass is 15.3. The van der Waals surface area contributed by atoms with Crippen LogP contribution < -0.4 is 0 Å². The highest BCUT2D eigenvalue weighted by Crippen LogP contribution is 2.37. The quantitative estimate of drug-likeness (QED) is 0.752. The number of rotatable bonds is 6. The zero-order valence-corrected chi connectivity index (χ0v) is 15.4. The van der Waals surface area contributed by atoms with E-state index in [1.54, 1.807) is 0 Å². The summed E-state index contributed by atoms with van der Waals surface area (Å²) in [5.74, 6) is 2.41. The second-order valence-electron chi connectivity index (χ2n) is 7.12. The Morgan fingerprint density at radius 1 is 1.20 bits per heavy atom. The molecule has 0 atom stereocenters. The van der Waals surface area contributed by atoms with Gasteiger partial charge in [-0.05, 0) is 45.6 Å². The minimum absolute atomic E-state index is 0.612. The van der Waals surface area contributed by atoms with Crippen molar-refractivity contribution in [2.24, 2.45) is 7.05 Å². The Bertz CT molecular complexity index is 880. The lowest BCUT2D eigenvalue weighted by Crippen LogP contribution is -2.13. The molecule has 25 heavy (non-hydrogen) atoms. The fraction of sp³-hybridized carbons (Fsp3) is 0.474. The molecule has 0 aromatic carbocycles. The lowest BCUT2D eigenvalue weighted by Gasteiger charge is -2.16. The molecule has 1 radical (unpaired) electrons. The van der Waals surface area contributed by atoms with Crippen LogP contribution in [0.5, 0.6) is 0 Å². The molecular formula is C19H25N6. The Hall–Kier alpha value is -2.37. The van der Waals surface area contributed by atoms with Crippen molar-refractivity contribution in [1.82, 2.24) is 29.5 Å². The second-order valence-corrected chi connectivity index (χ2v) is 7.12. The van der Waals surface area contributed by atoms with Crippen molar-refractivity contribution >= 4 is 0 Å². The Kier molecular flexibility index (Phi) is 3.98. The van der Waals surface area contributed by atoms with Gasteiger partial charge in [0.2, 0.25) is 0 Å². The summed E-state index contributed by atoms with van der Waals surface area (Å²) in [6.45, 7) is 6.38. The van der Waals surface area contributed by atoms with Gasteiger partial charge in [0.15, 0.2) is 0 Å². The van der Waals surface area contributed by atoms with Crippen LogP contribution in [0.2, 0.25) is 0 Å². The zero-order valence-electron chi connectivity index (χ0n) is 15.4. The van der Waals surface area contributed by atoms with E-state index in [0.717, 1.165) is 30.1 Å². The third kappa shape index (κ3) is 3.01. The van der Waals surface area contributed by atoms with Crippen LogP contribution in [0.4, 0.5) is 0 Å². The van der Waals surface area contributed by atoms with Crippen LogP contribution in [0.25, 0.3) is 0 Å². The Morgan fingerprint density at radius 3 is 2.60 bits per heavy atom. The van der Waals surface area contributed by atoms with E-state index in [9.17, 15) is 0 Å². The van der Waals surface area contributed by atoms with Gasteiger partial charge in [-0.25, -0.2) is 4.98 Å². The van der Waals surface area contributed by atoms with E-state index in [1.165, 1.54) is 35.6 Å². The molecule has 0 unspecified atom stereocenters. The first-order chi connectivity index (χ1) is 12.0. The third-order valence-electron chi connectivity index (χ3n) is 5.26. The highest BCUT2D eigenvalue weighted by Gasteiger charge is 2.29. The van der Waals surface area contributed by atoms with E-state index in [0.29, 0.717) is 6.04 Å². The summed E-state index contributed by atoms with van der Waals surface area (Å²) in [7, 11) is 2.05. The summed E-state index contributed by atoms with van der Waals surface area (Å²) in [4.78, 5) is 4.52. The van der Waals surface area contributed by atoms with Crippen LogP contribution >= 0.6 is 0 Å². The summed E-state index contributed by atoms with van der Waals surface area (Å²) in [5, 5.41) is 12.1. The average Bonchev–Trinajstić information content (AvgIpc) is 3.12. The molecule has 6 heteroatoms. The molecule has 4 rings (SSSR count). The SMILES string of the molecule is Cc1n[nH]cc1[C](Cc1c(C)nn(C2CC2)c1C)Cc1nccn1C. The summed E-state index contributed by atoms with van der Waals surface area (Å²) < 4.78 is 4.31. The summed E-state index contributed by atoms with van der Waals surface area (Å²) >= 11 is 0. The van der Waals surface area contributed by atoms with Crippen molar-refractivity contribution in [3.63, 3.8) is 0 Å². The first-order valence-electron chi connectivity index (χ1n) is 8.90. The molecule has 1 aliphatic carbocycles. The van der Waals surface area contributed by atoms with Crippen LogP contribution in [0.1, 0.15) is 52.9 Å². The van der Waals surface area contributed by atoms with E-state index in [-0.39, 0.29) is 0 Å². The first-order valence-corrected chi connectivity index (χ1v) is 8.90. The fourth-order valence-electron chi connectivity index (χ4n) is 3.57. The first kappa shape index (κ1) is 16.1. The standard InChI is InChI=1S/C19H25N6/c1-12-18(11-21-22-12)15(10-19-20-7-8-24(19)4)9-17-13(2)23-25(14(17)3)16-5-6-16/h7-8,11,16H,5-6,9-10H2,1-4H3,(H,21,22). The molecule has 1 N–H and O–H groups in total. The number of aryl methyl sites for hydroxylation is 3. The minimum atomic E-state index is 0.612. The Balaban J connectivity index is 1.67. The average molecular weight is 337 g/mol. The van der Waals surface area contributed by atoms with Crippen molar-refractivity contribution in [3.05, 3.63) is 58.5 Å². The maximum atomic E-state index is 4.80. The van der Waals surface area contributed by atoms with E-state index in [4.69, 9.17) is 5.10 Å². The van der Waals surface area contributed by atoms with Gasteiger partial charge >= 0.3 is 0 Å². The van der Waals surface area contributed by atoms with Gasteiger partial charge in [-0.15, -0.1) is 0 Å². The summed E-state index contributed by atoms with van der Waals surface area (Å²) in [6, 6.07) is 0.612. The van der Waals surface area contributed by atoms with Crippen LogP contribution in [0, 0.1) is 26.7 Å². The smallest absolute Gasteiger partial charge is 0.109 e. The van der Waals surface area contributed by atoms with Gasteiger partial charge in [-0.2, -0.15) is 10.2 Å². The van der Waals surface area contributed by atoms with E-state index < -0.39 is 0 Å². The maximum absolute atomic E-state index is 4.80. The van der Waals surface area contributed by atoms with Crippen molar-refractivity contribution in [2.45, 2.75) is 52.5 Å². The predicted molar refractivity (Wildman–Crippen MR) is 96.3 cm³/mol. The molecule has 1 saturated carbocycles. The summed E-state index contributed by atoms with van der Waals surface area (Å²) in [6.07, 6.45) is 10.1. The third-order valence-corrected chi connectivity index (χ3v) is 5.26. The van der Waals surface area contributed by atoms with E-state index >= 15 is 0 Å². The van der Waals surface area contributed by atoms with Gasteiger partial charge in [-0.3, -0.25) is 9.78 Å². The largest absolute Gasteiger partial charge is 0.338 e. The van der Waals surface area contributed by atoms with E-state index in [1.807, 2.05) is 25.6 Å². The molecular weight excluding hydrogens is 312 g/mol. The molecule has 131 valence electrons. The number of hydrogen-bond acceptors (Lipinski definition) is 3. The number of aromatic nitrogens is 6. The highest BCUT2D eigenvalue weighted by molar-refractivity contribution is 5.39. The molecule has 0 saturated heterocycles. The molecule has 3 aromatic rings. The molecule has 0 amide bonds. The van der Waals surface area contributed by atoms with Gasteiger partial charge in [0.25, 0.3) is 0 Å². The molecule has 1 fully saturated rings. The van der Waals surface area contributed by atoms with Crippen molar-refractivity contribution in [3.8, 4) is 0 Å². The topological polar surface area (TPSA) is 64.3 Å². The maximum Gasteiger partial charge on any atom is 0.109 e. The molecule has 1 aliphatic rings. The Labute approximate surface area is 148 Å². The Morgan fingerprint density at radius 2 is 2.00 bits per heavy atom. The second kappa shape index (κ2) is 6.17. The molecule has 3 aromatic heterocycles. The van der Waals surface area contributed by atoms with Crippen molar-refractivity contribution in [1.29, 1.82) is 0 Å². The van der Waals surface area contributed by atoms with Gasteiger partial charge in [0, 0.05) is 49.2 Å². The summed E-state index contributed by atoms with van der Waals surface area (Å²) in [5.41, 5.74) is 6.02. The predicted octanol–water partition coefficient (Wildman–Crippen LogP) is 3.01. The number of imidazole rings is 1. The minimum Gasteiger partial charge on any atom is -0.338 e. The number of hydrogen-bond donors (Lipinski definition) is 1. The number of nitrogens with zero attached hydrogens (tertiary/aromatic N) is 5. The van der Waals surface area contributed by atoms with Gasteiger partial charge in [-0.1, -0.05) is 0 Å². The fourth-order valence-corrected chi connectivity index (χ4v) is 3.57. The van der Waals surface area contributed by atoms with Gasteiger partial charge in [0.05, 0.1) is 17.4 Å². The normalized spacial score (nSPS) is 14.6. The molecule has 0 bridgehead atoms. The monoisotopic (exact) mass is 337 g/mol. The number of nitrogens with one attached hydrogen (secondary N) is 1. The van der Waals surface area contributed by atoms with Crippen molar-refractivity contribution in [2.75, 3.05) is 0 Å². The van der Waals surface area contributed by atoms with Gasteiger partial charge < -0.3 is 4.57 Å². The van der Waals surface area contributed by atoms with Crippen LogP contribution in [0.3, 0.4) is 0 Å². The van der Waals surface area contributed by atoms with Crippen molar-refractivity contribution < 1.29 is 0 Å². The zero-order chi connectivity index (χ0) is 17.6. The van der Waals surface area contributed by atoms with Crippen LogP contribution in [-0.2, 0) is 19.9 Å². The molecule has 0 spiro atoms. The molecule has 3 heterocycles. The lowest BCUT2D eigenvalue weighted by molar-refractivity contribution is 0.616. The number of aromatic amines is 1. The number of H-pyrrole nitrogens is 1. The molecule has 6 nitrogen and oxygen atoms in total. The van der Waals surface area contributed by atoms with Crippen LogP contribution in [-0.4, -0.2) is 29.5 Å². The lowest BCUT2D eigenvalue weighted by atomic mass is 9.88. The van der Waals surface area contributed by atoms with Crippen LogP contribution in [0.15, 0.2) is 18.6 Å². The van der Waals surface area contributed by atoms with Gasteiger partial charge in [0.1, 0.15) is 5.82 Å². The van der Waals surface area contributed by atoms with E-state index in [2.05, 4.69) is 45.2 Å².